The van der Waals surface area contributed by atoms with E-state index in [0.717, 1.165) is 24.6 Å². The smallest absolute Gasteiger partial charge is 0.218 e. The molecule has 0 aliphatic carbocycles. The van der Waals surface area contributed by atoms with Crippen LogP contribution in [0.15, 0.2) is 24.8 Å². The summed E-state index contributed by atoms with van der Waals surface area (Å²) in [6, 6.07) is 1.78. The van der Waals surface area contributed by atoms with Crippen LogP contribution in [0.3, 0.4) is 0 Å². The summed E-state index contributed by atoms with van der Waals surface area (Å²) in [5.41, 5.74) is 0. The van der Waals surface area contributed by atoms with Crippen molar-refractivity contribution >= 4 is 5.82 Å². The number of hydrogen-bond donors (Lipinski definition) is 2. The first-order valence-electron chi connectivity index (χ1n) is 5.55. The molecule has 6 nitrogen and oxygen atoms in total. The number of hydrogen-bond acceptors (Lipinski definition) is 5. The van der Waals surface area contributed by atoms with E-state index < -0.39 is 0 Å². The lowest BCUT2D eigenvalue weighted by Crippen LogP contribution is -2.07. The summed E-state index contributed by atoms with van der Waals surface area (Å²) in [5, 5.41) is 3.19. The molecule has 0 radical (unpaired) electrons. The number of aromatic nitrogens is 4. The maximum absolute atomic E-state index is 5.29. The molecule has 0 saturated heterocycles. The summed E-state index contributed by atoms with van der Waals surface area (Å²) >= 11 is 0. The third kappa shape index (κ3) is 3.44. The minimum Gasteiger partial charge on any atom is -0.478 e. The van der Waals surface area contributed by atoms with E-state index >= 15 is 0 Å². The number of aromatic amines is 1. The van der Waals surface area contributed by atoms with Gasteiger partial charge in [-0.3, -0.25) is 0 Å². The predicted molar refractivity (Wildman–Crippen MR) is 64.0 cm³/mol. The first-order chi connectivity index (χ1) is 8.38. The average molecular weight is 233 g/mol. The minimum absolute atomic E-state index is 0.586. The second-order valence-corrected chi connectivity index (χ2v) is 3.39. The quantitative estimate of drug-likeness (QED) is 0.785. The number of rotatable bonds is 6. The van der Waals surface area contributed by atoms with Crippen molar-refractivity contribution in [3.05, 3.63) is 30.6 Å². The zero-order valence-corrected chi connectivity index (χ0v) is 9.68. The van der Waals surface area contributed by atoms with Gasteiger partial charge < -0.3 is 15.0 Å². The first-order valence-corrected chi connectivity index (χ1v) is 5.55. The van der Waals surface area contributed by atoms with Crippen LogP contribution in [0.5, 0.6) is 5.88 Å². The number of ether oxygens (including phenoxy) is 1. The SMILES string of the molecule is CCOc1cc(NCCc2ncc[nH]2)ncn1. The van der Waals surface area contributed by atoms with E-state index in [2.05, 4.69) is 25.3 Å². The number of imidazole rings is 1. The van der Waals surface area contributed by atoms with Crippen molar-refractivity contribution in [2.45, 2.75) is 13.3 Å². The Balaban J connectivity index is 1.84. The summed E-state index contributed by atoms with van der Waals surface area (Å²) < 4.78 is 5.29. The van der Waals surface area contributed by atoms with Gasteiger partial charge in [0.1, 0.15) is 18.0 Å². The molecule has 2 aromatic heterocycles. The van der Waals surface area contributed by atoms with E-state index in [9.17, 15) is 0 Å². The molecule has 0 spiro atoms. The molecule has 2 heterocycles. The van der Waals surface area contributed by atoms with E-state index in [4.69, 9.17) is 4.74 Å². The maximum Gasteiger partial charge on any atom is 0.218 e. The van der Waals surface area contributed by atoms with Gasteiger partial charge in [0.2, 0.25) is 5.88 Å². The fraction of sp³-hybridized carbons (Fsp3) is 0.364. The molecule has 2 aromatic rings. The fourth-order valence-corrected chi connectivity index (χ4v) is 1.41. The normalized spacial score (nSPS) is 10.2. The monoisotopic (exact) mass is 233 g/mol. The van der Waals surface area contributed by atoms with Gasteiger partial charge in [-0.25, -0.2) is 15.0 Å². The highest BCUT2D eigenvalue weighted by Crippen LogP contribution is 2.10. The highest BCUT2D eigenvalue weighted by atomic mass is 16.5. The van der Waals surface area contributed by atoms with E-state index in [1.165, 1.54) is 6.33 Å². The van der Waals surface area contributed by atoms with Crippen molar-refractivity contribution < 1.29 is 4.74 Å². The van der Waals surface area contributed by atoms with Crippen LogP contribution < -0.4 is 10.1 Å². The molecule has 0 atom stereocenters. The van der Waals surface area contributed by atoms with Crippen LogP contribution in [0.25, 0.3) is 0 Å². The second-order valence-electron chi connectivity index (χ2n) is 3.39. The van der Waals surface area contributed by atoms with Crippen LogP contribution >= 0.6 is 0 Å². The van der Waals surface area contributed by atoms with Crippen LogP contribution in [-0.4, -0.2) is 33.1 Å². The van der Waals surface area contributed by atoms with Crippen LogP contribution in [0.1, 0.15) is 12.7 Å². The van der Waals surface area contributed by atoms with Crippen molar-refractivity contribution in [1.29, 1.82) is 0 Å². The Morgan fingerprint density at radius 3 is 3.06 bits per heavy atom. The average Bonchev–Trinajstić information content (AvgIpc) is 2.83. The zero-order valence-electron chi connectivity index (χ0n) is 9.68. The van der Waals surface area contributed by atoms with E-state index in [1.807, 2.05) is 13.1 Å². The van der Waals surface area contributed by atoms with Gasteiger partial charge in [0, 0.05) is 31.4 Å². The molecule has 0 amide bonds. The van der Waals surface area contributed by atoms with E-state index in [-0.39, 0.29) is 0 Å². The third-order valence-corrected chi connectivity index (χ3v) is 2.16. The summed E-state index contributed by atoms with van der Waals surface area (Å²) in [6.07, 6.45) is 5.86. The Kier molecular flexibility index (Phi) is 3.90. The molecule has 0 saturated carbocycles. The van der Waals surface area contributed by atoms with Crippen molar-refractivity contribution in [3.8, 4) is 5.88 Å². The highest BCUT2D eigenvalue weighted by molar-refractivity contribution is 5.36. The predicted octanol–water partition coefficient (Wildman–Crippen LogP) is 1.25. The lowest BCUT2D eigenvalue weighted by Gasteiger charge is -2.06. The molecule has 90 valence electrons. The number of nitrogens with one attached hydrogen (secondary N) is 2. The molecular weight excluding hydrogens is 218 g/mol. The van der Waals surface area contributed by atoms with Gasteiger partial charge in [-0.1, -0.05) is 0 Å². The summed E-state index contributed by atoms with van der Waals surface area (Å²) in [5.74, 6) is 2.30. The van der Waals surface area contributed by atoms with Crippen LogP contribution in [0.2, 0.25) is 0 Å². The first kappa shape index (κ1) is 11.4. The molecular formula is C11H15N5O. The van der Waals surface area contributed by atoms with Gasteiger partial charge in [-0.15, -0.1) is 0 Å². The molecule has 0 aliphatic rings. The molecule has 2 rings (SSSR count). The number of anilines is 1. The van der Waals surface area contributed by atoms with Gasteiger partial charge >= 0.3 is 0 Å². The summed E-state index contributed by atoms with van der Waals surface area (Å²) in [6.45, 7) is 3.28. The standard InChI is InChI=1S/C11H15N5O/c1-2-17-11-7-10(15-8-16-11)12-4-3-9-13-5-6-14-9/h5-8H,2-4H2,1H3,(H,13,14)(H,12,15,16). The molecule has 0 unspecified atom stereocenters. The largest absolute Gasteiger partial charge is 0.478 e. The zero-order chi connectivity index (χ0) is 11.9. The lowest BCUT2D eigenvalue weighted by molar-refractivity contribution is 0.326. The van der Waals surface area contributed by atoms with Gasteiger partial charge in [-0.05, 0) is 6.92 Å². The van der Waals surface area contributed by atoms with Crippen molar-refractivity contribution in [2.75, 3.05) is 18.5 Å². The molecule has 0 aliphatic heterocycles. The van der Waals surface area contributed by atoms with Gasteiger partial charge in [0.15, 0.2) is 0 Å². The Morgan fingerprint density at radius 2 is 2.29 bits per heavy atom. The topological polar surface area (TPSA) is 75.7 Å². The van der Waals surface area contributed by atoms with Crippen molar-refractivity contribution in [1.82, 2.24) is 19.9 Å². The highest BCUT2D eigenvalue weighted by Gasteiger charge is 1.99. The van der Waals surface area contributed by atoms with Crippen LogP contribution in [0, 0.1) is 0 Å². The van der Waals surface area contributed by atoms with Gasteiger partial charge in [0.25, 0.3) is 0 Å². The Hall–Kier alpha value is -2.11. The van der Waals surface area contributed by atoms with Crippen molar-refractivity contribution in [2.24, 2.45) is 0 Å². The second kappa shape index (κ2) is 5.83. The Bertz CT molecular complexity index is 443. The van der Waals surface area contributed by atoms with Crippen LogP contribution in [-0.2, 0) is 6.42 Å². The van der Waals surface area contributed by atoms with Crippen molar-refractivity contribution in [3.63, 3.8) is 0 Å². The summed E-state index contributed by atoms with van der Waals surface area (Å²) in [4.78, 5) is 15.3. The van der Waals surface area contributed by atoms with Gasteiger partial charge in [-0.2, -0.15) is 0 Å². The molecule has 0 bridgehead atoms. The summed E-state index contributed by atoms with van der Waals surface area (Å²) in [7, 11) is 0. The molecule has 0 fully saturated rings. The molecule has 2 N–H and O–H groups in total. The number of nitrogens with zero attached hydrogens (tertiary/aromatic N) is 3. The van der Waals surface area contributed by atoms with E-state index in [0.29, 0.717) is 12.5 Å². The Morgan fingerprint density at radius 1 is 1.35 bits per heavy atom. The molecule has 6 heteroatoms. The molecule has 0 aromatic carbocycles. The number of H-pyrrole nitrogens is 1. The maximum atomic E-state index is 5.29. The van der Waals surface area contributed by atoms with Crippen LogP contribution in [0.4, 0.5) is 5.82 Å². The Labute approximate surface area is 99.5 Å². The third-order valence-electron chi connectivity index (χ3n) is 2.16. The fourth-order valence-electron chi connectivity index (χ4n) is 1.41. The van der Waals surface area contributed by atoms with Gasteiger partial charge in [0.05, 0.1) is 6.61 Å². The molecule has 17 heavy (non-hydrogen) atoms. The van der Waals surface area contributed by atoms with E-state index in [1.54, 1.807) is 12.3 Å². The lowest BCUT2D eigenvalue weighted by atomic mass is 10.4. The minimum atomic E-state index is 0.586.